The SMILES string of the molecule is COc1ccc(NC(=O)O[C@@H]2CC[C@]3(C)[C@@H](CC[C@@H](O)[C@H]3CC(=O)NCc3ccc4c(c3)OCO4)[C@]2(C)CO)cc1. The van der Waals surface area contributed by atoms with Crippen molar-refractivity contribution in [2.24, 2.45) is 22.7 Å². The molecule has 2 aromatic rings. The van der Waals surface area contributed by atoms with E-state index in [0.717, 1.165) is 5.56 Å². The molecular weight excluding hydrogens is 528 g/mol. The second-order valence-electron chi connectivity index (χ2n) is 11.9. The Morgan fingerprint density at radius 3 is 2.54 bits per heavy atom. The lowest BCUT2D eigenvalue weighted by molar-refractivity contribution is -0.185. The highest BCUT2D eigenvalue weighted by atomic mass is 16.7. The summed E-state index contributed by atoms with van der Waals surface area (Å²) in [6.45, 7) is 4.42. The van der Waals surface area contributed by atoms with Gasteiger partial charge in [-0.15, -0.1) is 0 Å². The van der Waals surface area contributed by atoms with Crippen molar-refractivity contribution in [2.45, 2.75) is 64.7 Å². The predicted molar refractivity (Wildman–Crippen MR) is 151 cm³/mol. The van der Waals surface area contributed by atoms with E-state index in [-0.39, 0.29) is 37.6 Å². The summed E-state index contributed by atoms with van der Waals surface area (Å²) in [4.78, 5) is 26.0. The van der Waals surface area contributed by atoms with Gasteiger partial charge in [0.1, 0.15) is 11.9 Å². The van der Waals surface area contributed by atoms with Crippen LogP contribution in [0.3, 0.4) is 0 Å². The third kappa shape index (κ3) is 5.81. The molecule has 41 heavy (non-hydrogen) atoms. The fourth-order valence-electron chi connectivity index (χ4n) is 7.25. The van der Waals surface area contributed by atoms with Crippen molar-refractivity contribution in [1.29, 1.82) is 0 Å². The van der Waals surface area contributed by atoms with Crippen LogP contribution in [0.1, 0.15) is 51.5 Å². The maximum absolute atomic E-state index is 13.1. The average Bonchev–Trinajstić information content (AvgIpc) is 3.44. The predicted octanol–water partition coefficient (Wildman–Crippen LogP) is 4.23. The van der Waals surface area contributed by atoms with Crippen molar-refractivity contribution >= 4 is 17.7 Å². The van der Waals surface area contributed by atoms with Crippen molar-refractivity contribution in [3.63, 3.8) is 0 Å². The number of hydrogen-bond donors (Lipinski definition) is 4. The van der Waals surface area contributed by atoms with Crippen LogP contribution >= 0.6 is 0 Å². The van der Waals surface area contributed by atoms with Crippen LogP contribution in [0.5, 0.6) is 17.2 Å². The number of aliphatic hydroxyl groups is 2. The third-order valence-electron chi connectivity index (χ3n) is 9.59. The van der Waals surface area contributed by atoms with E-state index in [1.54, 1.807) is 31.4 Å². The van der Waals surface area contributed by atoms with E-state index < -0.39 is 29.1 Å². The summed E-state index contributed by atoms with van der Waals surface area (Å²) in [7, 11) is 1.58. The summed E-state index contributed by atoms with van der Waals surface area (Å²) in [5.41, 5.74) is 0.326. The topological polar surface area (TPSA) is 136 Å². The van der Waals surface area contributed by atoms with Gasteiger partial charge in [-0.1, -0.05) is 19.9 Å². The fraction of sp³-hybridized carbons (Fsp3) is 0.548. The average molecular weight is 569 g/mol. The normalized spacial score (nSPS) is 30.2. The molecule has 1 aliphatic heterocycles. The van der Waals surface area contributed by atoms with Gasteiger partial charge in [0.2, 0.25) is 12.7 Å². The van der Waals surface area contributed by atoms with Crippen LogP contribution in [0.4, 0.5) is 10.5 Å². The van der Waals surface area contributed by atoms with Gasteiger partial charge < -0.3 is 34.5 Å². The van der Waals surface area contributed by atoms with Gasteiger partial charge in [-0.05, 0) is 84.9 Å². The first-order valence-electron chi connectivity index (χ1n) is 14.2. The Bertz CT molecular complexity index is 1250. The standard InChI is InChI=1S/C31H40N2O8/c1-30-13-12-27(41-29(37)33-20-5-7-21(38-3)8-6-20)31(2,17-34)26(30)11-9-23(35)22(30)15-28(36)32-16-19-4-10-24-25(14-19)40-18-39-24/h4-8,10,14,22-23,26-27,34-35H,9,11-13,15-18H2,1-3H3,(H,32,36)(H,33,37)/t22-,23-,26-,27-,30+,31+/m1/s1. The largest absolute Gasteiger partial charge is 0.497 e. The van der Waals surface area contributed by atoms with Gasteiger partial charge in [-0.25, -0.2) is 4.79 Å². The lowest BCUT2D eigenvalue weighted by Gasteiger charge is -2.60. The Morgan fingerprint density at radius 2 is 1.80 bits per heavy atom. The Balaban J connectivity index is 1.24. The number of carbonyl (C=O) groups excluding carboxylic acids is 2. The molecule has 2 saturated carbocycles. The minimum absolute atomic E-state index is 0.0532. The maximum Gasteiger partial charge on any atom is 0.411 e. The molecule has 0 unspecified atom stereocenters. The molecule has 2 fully saturated rings. The highest BCUT2D eigenvalue weighted by Gasteiger charge is 2.60. The molecule has 0 saturated heterocycles. The second-order valence-corrected chi connectivity index (χ2v) is 11.9. The lowest BCUT2D eigenvalue weighted by Crippen LogP contribution is -2.61. The van der Waals surface area contributed by atoms with Crippen LogP contribution in [-0.2, 0) is 16.1 Å². The van der Waals surface area contributed by atoms with E-state index in [1.165, 1.54) is 0 Å². The summed E-state index contributed by atoms with van der Waals surface area (Å²) < 4.78 is 21.9. The summed E-state index contributed by atoms with van der Waals surface area (Å²) in [5, 5.41) is 27.5. The molecule has 6 atom stereocenters. The van der Waals surface area contributed by atoms with Gasteiger partial charge in [0.05, 0.1) is 19.8 Å². The molecule has 4 N–H and O–H groups in total. The monoisotopic (exact) mass is 568 g/mol. The maximum atomic E-state index is 13.1. The molecule has 0 radical (unpaired) electrons. The number of hydrogen-bond acceptors (Lipinski definition) is 8. The van der Waals surface area contributed by atoms with Crippen LogP contribution in [-0.4, -0.2) is 54.9 Å². The Labute approximate surface area is 240 Å². The van der Waals surface area contributed by atoms with Gasteiger partial charge in [0, 0.05) is 24.1 Å². The van der Waals surface area contributed by atoms with Crippen LogP contribution in [0, 0.1) is 22.7 Å². The zero-order valence-corrected chi connectivity index (χ0v) is 23.9. The fourth-order valence-corrected chi connectivity index (χ4v) is 7.25. The smallest absolute Gasteiger partial charge is 0.411 e. The third-order valence-corrected chi connectivity index (χ3v) is 9.59. The molecule has 222 valence electrons. The number of rotatable bonds is 8. The molecule has 10 heteroatoms. The second kappa shape index (κ2) is 11.8. The molecule has 0 spiro atoms. The quantitative estimate of drug-likeness (QED) is 0.372. The van der Waals surface area contributed by atoms with E-state index in [9.17, 15) is 19.8 Å². The van der Waals surface area contributed by atoms with Gasteiger partial charge in [0.25, 0.3) is 0 Å². The van der Waals surface area contributed by atoms with Crippen molar-refractivity contribution in [3.05, 3.63) is 48.0 Å². The van der Waals surface area contributed by atoms with Crippen molar-refractivity contribution in [1.82, 2.24) is 5.32 Å². The number of ether oxygens (including phenoxy) is 4. The summed E-state index contributed by atoms with van der Waals surface area (Å²) in [6.07, 6.45) is 0.797. The summed E-state index contributed by atoms with van der Waals surface area (Å²) in [5.74, 6) is 1.54. The van der Waals surface area contributed by atoms with Crippen LogP contribution in [0.2, 0.25) is 0 Å². The number of amides is 2. The number of carbonyl (C=O) groups is 2. The van der Waals surface area contributed by atoms with E-state index in [0.29, 0.717) is 55.2 Å². The molecule has 2 aliphatic carbocycles. The van der Waals surface area contributed by atoms with Crippen LogP contribution in [0.15, 0.2) is 42.5 Å². The zero-order valence-electron chi connectivity index (χ0n) is 23.9. The first-order valence-corrected chi connectivity index (χ1v) is 14.2. The minimum Gasteiger partial charge on any atom is -0.497 e. The molecular formula is C31H40N2O8. The molecule has 5 rings (SSSR count). The van der Waals surface area contributed by atoms with Crippen LogP contribution < -0.4 is 24.8 Å². The van der Waals surface area contributed by atoms with Gasteiger partial charge in [-0.2, -0.15) is 0 Å². The number of nitrogens with one attached hydrogen (secondary N) is 2. The first-order chi connectivity index (χ1) is 19.7. The number of benzene rings is 2. The highest BCUT2D eigenvalue weighted by Crippen LogP contribution is 2.61. The van der Waals surface area contributed by atoms with Crippen molar-refractivity contribution in [2.75, 3.05) is 25.8 Å². The molecule has 1 heterocycles. The molecule has 2 aromatic carbocycles. The lowest BCUT2D eigenvalue weighted by atomic mass is 9.46. The first kappa shape index (κ1) is 29.0. The molecule has 3 aliphatic rings. The van der Waals surface area contributed by atoms with Gasteiger partial charge >= 0.3 is 6.09 Å². The number of aliphatic hydroxyl groups excluding tert-OH is 2. The van der Waals surface area contributed by atoms with E-state index >= 15 is 0 Å². The van der Waals surface area contributed by atoms with Crippen molar-refractivity contribution < 1.29 is 38.7 Å². The summed E-state index contributed by atoms with van der Waals surface area (Å²) >= 11 is 0. The molecule has 0 bridgehead atoms. The van der Waals surface area contributed by atoms with Gasteiger partial charge in [0.15, 0.2) is 11.5 Å². The minimum atomic E-state index is -0.731. The molecule has 0 aromatic heterocycles. The highest BCUT2D eigenvalue weighted by molar-refractivity contribution is 5.84. The van der Waals surface area contributed by atoms with Crippen LogP contribution in [0.25, 0.3) is 0 Å². The number of methoxy groups -OCH3 is 1. The summed E-state index contributed by atoms with van der Waals surface area (Å²) in [6, 6.07) is 12.5. The molecule has 2 amide bonds. The van der Waals surface area contributed by atoms with Gasteiger partial charge in [-0.3, -0.25) is 10.1 Å². The zero-order chi connectivity index (χ0) is 29.2. The Morgan fingerprint density at radius 1 is 1.05 bits per heavy atom. The van der Waals surface area contributed by atoms with E-state index in [1.807, 2.05) is 25.1 Å². The Hall–Kier alpha value is -3.50. The van der Waals surface area contributed by atoms with E-state index in [2.05, 4.69) is 17.6 Å². The molecule has 10 nitrogen and oxygen atoms in total. The number of fused-ring (bicyclic) bond motifs is 2. The van der Waals surface area contributed by atoms with E-state index in [4.69, 9.17) is 18.9 Å². The Kier molecular flexibility index (Phi) is 8.33. The van der Waals surface area contributed by atoms with Crippen molar-refractivity contribution in [3.8, 4) is 17.2 Å². The number of anilines is 1.